The van der Waals surface area contributed by atoms with Crippen molar-refractivity contribution in [2.75, 3.05) is 0 Å². The molecule has 0 saturated heterocycles. The number of carbonyl (C=O) groups is 2. The standard InChI is InChI=1S/C15H20NO3/c1-9-6-7-11(8-10(9)2)12(13(16)17)14(18)19-15(3,4)5/h6-8,12,16H,1-5H3. The minimum atomic E-state index is -1.17. The highest BCUT2D eigenvalue weighted by Crippen LogP contribution is 2.23. The molecular formula is C15H20NO3. The van der Waals surface area contributed by atoms with Crippen molar-refractivity contribution in [2.24, 2.45) is 0 Å². The Balaban J connectivity index is 3.10. The summed E-state index contributed by atoms with van der Waals surface area (Å²) in [4.78, 5) is 23.5. The van der Waals surface area contributed by atoms with E-state index in [1.807, 2.05) is 19.9 Å². The fourth-order valence-corrected chi connectivity index (χ4v) is 1.70. The summed E-state index contributed by atoms with van der Waals surface area (Å²) in [6.07, 6.45) is 0. The minimum Gasteiger partial charge on any atom is -0.459 e. The Morgan fingerprint density at radius 1 is 1.16 bits per heavy atom. The molecule has 0 aliphatic rings. The van der Waals surface area contributed by atoms with E-state index in [9.17, 15) is 9.59 Å². The van der Waals surface area contributed by atoms with E-state index in [2.05, 4.69) is 0 Å². The molecule has 0 aromatic heterocycles. The smallest absolute Gasteiger partial charge is 0.323 e. The van der Waals surface area contributed by atoms with Crippen molar-refractivity contribution in [2.45, 2.75) is 46.1 Å². The molecule has 19 heavy (non-hydrogen) atoms. The molecule has 1 aromatic carbocycles. The van der Waals surface area contributed by atoms with Crippen molar-refractivity contribution in [1.29, 1.82) is 0 Å². The van der Waals surface area contributed by atoms with Gasteiger partial charge in [-0.1, -0.05) is 18.2 Å². The van der Waals surface area contributed by atoms with E-state index in [1.165, 1.54) is 0 Å². The van der Waals surface area contributed by atoms with Crippen LogP contribution in [0.3, 0.4) is 0 Å². The van der Waals surface area contributed by atoms with Crippen LogP contribution in [0.2, 0.25) is 0 Å². The van der Waals surface area contributed by atoms with E-state index in [0.717, 1.165) is 11.1 Å². The van der Waals surface area contributed by atoms with Crippen LogP contribution >= 0.6 is 0 Å². The average Bonchev–Trinajstić information content (AvgIpc) is 2.20. The Morgan fingerprint density at radius 3 is 2.16 bits per heavy atom. The van der Waals surface area contributed by atoms with Gasteiger partial charge in [0.2, 0.25) is 0 Å². The number of hydrogen-bond acceptors (Lipinski definition) is 3. The Bertz CT molecular complexity index is 501. The summed E-state index contributed by atoms with van der Waals surface area (Å²) in [6, 6.07) is 5.30. The fourth-order valence-electron chi connectivity index (χ4n) is 1.70. The van der Waals surface area contributed by atoms with Gasteiger partial charge in [0.15, 0.2) is 5.92 Å². The van der Waals surface area contributed by atoms with Gasteiger partial charge in [0.05, 0.1) is 0 Å². The summed E-state index contributed by atoms with van der Waals surface area (Å²) in [5.74, 6) is -2.79. The van der Waals surface area contributed by atoms with Crippen LogP contribution in [0.5, 0.6) is 0 Å². The summed E-state index contributed by atoms with van der Waals surface area (Å²) in [5.41, 5.74) is 9.18. The molecule has 1 atom stereocenters. The second-order valence-electron chi connectivity index (χ2n) is 5.67. The van der Waals surface area contributed by atoms with E-state index < -0.39 is 23.4 Å². The average molecular weight is 262 g/mol. The van der Waals surface area contributed by atoms with Crippen LogP contribution in [0.25, 0.3) is 0 Å². The number of carbonyl (C=O) groups excluding carboxylic acids is 2. The predicted octanol–water partition coefficient (Wildman–Crippen LogP) is 2.54. The summed E-state index contributed by atoms with van der Waals surface area (Å²) in [7, 11) is 0. The second kappa shape index (κ2) is 5.43. The molecular weight excluding hydrogens is 242 g/mol. The molecule has 1 amide bonds. The molecule has 0 saturated carbocycles. The zero-order valence-electron chi connectivity index (χ0n) is 12.0. The van der Waals surface area contributed by atoms with Crippen LogP contribution < -0.4 is 5.73 Å². The van der Waals surface area contributed by atoms with Crippen LogP contribution in [0.4, 0.5) is 0 Å². The highest BCUT2D eigenvalue weighted by atomic mass is 16.6. The number of ether oxygens (including phenoxy) is 1. The van der Waals surface area contributed by atoms with Crippen molar-refractivity contribution in [3.8, 4) is 0 Å². The highest BCUT2D eigenvalue weighted by molar-refractivity contribution is 6.02. The molecule has 1 rings (SSSR count). The van der Waals surface area contributed by atoms with Gasteiger partial charge in [-0.15, -0.1) is 0 Å². The Kier molecular flexibility index (Phi) is 4.35. The van der Waals surface area contributed by atoms with Gasteiger partial charge < -0.3 is 4.74 Å². The third kappa shape index (κ3) is 4.09. The van der Waals surface area contributed by atoms with Gasteiger partial charge in [0, 0.05) is 0 Å². The summed E-state index contributed by atoms with van der Waals surface area (Å²) in [5, 5.41) is 0. The first-order valence-electron chi connectivity index (χ1n) is 6.17. The van der Waals surface area contributed by atoms with E-state index >= 15 is 0 Å². The molecule has 103 valence electrons. The van der Waals surface area contributed by atoms with E-state index in [1.54, 1.807) is 32.9 Å². The monoisotopic (exact) mass is 262 g/mol. The van der Waals surface area contributed by atoms with Crippen molar-refractivity contribution in [3.63, 3.8) is 0 Å². The zero-order chi connectivity index (χ0) is 14.8. The lowest BCUT2D eigenvalue weighted by Crippen LogP contribution is -2.31. The molecule has 0 aliphatic heterocycles. The maximum atomic E-state index is 12.0. The number of rotatable bonds is 3. The minimum absolute atomic E-state index is 0.511. The number of aryl methyl sites for hydroxylation is 2. The molecule has 0 heterocycles. The first kappa shape index (κ1) is 15.2. The van der Waals surface area contributed by atoms with E-state index in [-0.39, 0.29) is 0 Å². The molecule has 4 heteroatoms. The summed E-state index contributed by atoms with van der Waals surface area (Å²) in [6.45, 7) is 9.05. The summed E-state index contributed by atoms with van der Waals surface area (Å²) >= 11 is 0. The van der Waals surface area contributed by atoms with Crippen LogP contribution in [-0.2, 0) is 14.3 Å². The molecule has 1 N–H and O–H groups in total. The number of benzene rings is 1. The second-order valence-corrected chi connectivity index (χ2v) is 5.67. The van der Waals surface area contributed by atoms with Crippen LogP contribution in [0.1, 0.15) is 43.4 Å². The molecule has 0 spiro atoms. The van der Waals surface area contributed by atoms with Gasteiger partial charge in [-0.25, -0.2) is 0 Å². The normalized spacial score (nSPS) is 12.9. The lowest BCUT2D eigenvalue weighted by molar-refractivity contribution is -0.158. The first-order chi connectivity index (χ1) is 8.61. The predicted molar refractivity (Wildman–Crippen MR) is 72.6 cm³/mol. The van der Waals surface area contributed by atoms with Gasteiger partial charge in [0.1, 0.15) is 5.60 Å². The molecule has 1 radical (unpaired) electrons. The molecule has 1 aromatic rings. The van der Waals surface area contributed by atoms with Crippen LogP contribution in [0.15, 0.2) is 18.2 Å². The van der Waals surface area contributed by atoms with Gasteiger partial charge in [-0.05, 0) is 51.3 Å². The number of amides is 1. The maximum Gasteiger partial charge on any atom is 0.323 e. The number of esters is 1. The highest BCUT2D eigenvalue weighted by Gasteiger charge is 2.31. The fraction of sp³-hybridized carbons (Fsp3) is 0.467. The van der Waals surface area contributed by atoms with Gasteiger partial charge in [-0.3, -0.25) is 15.3 Å². The Morgan fingerprint density at radius 2 is 1.74 bits per heavy atom. The SMILES string of the molecule is Cc1ccc(C(C([NH])=O)C(=O)OC(C)(C)C)cc1C. The van der Waals surface area contributed by atoms with Gasteiger partial charge >= 0.3 is 5.97 Å². The molecule has 4 nitrogen and oxygen atoms in total. The molecule has 0 aliphatic carbocycles. The van der Waals surface area contributed by atoms with E-state index in [0.29, 0.717) is 5.56 Å². The largest absolute Gasteiger partial charge is 0.459 e. The third-order valence-corrected chi connectivity index (χ3v) is 2.77. The summed E-state index contributed by atoms with van der Waals surface area (Å²) < 4.78 is 5.21. The topological polar surface area (TPSA) is 67.2 Å². The van der Waals surface area contributed by atoms with E-state index in [4.69, 9.17) is 10.5 Å². The van der Waals surface area contributed by atoms with Crippen molar-refractivity contribution < 1.29 is 14.3 Å². The Labute approximate surface area is 113 Å². The molecule has 1 unspecified atom stereocenters. The number of nitrogens with one attached hydrogen (secondary N) is 1. The van der Waals surface area contributed by atoms with Crippen LogP contribution in [0, 0.1) is 13.8 Å². The third-order valence-electron chi connectivity index (χ3n) is 2.77. The van der Waals surface area contributed by atoms with Gasteiger partial charge in [-0.2, -0.15) is 0 Å². The molecule has 0 fully saturated rings. The van der Waals surface area contributed by atoms with Crippen molar-refractivity contribution in [3.05, 3.63) is 34.9 Å². The van der Waals surface area contributed by atoms with Crippen LogP contribution in [-0.4, -0.2) is 17.5 Å². The molecule has 0 bridgehead atoms. The zero-order valence-corrected chi connectivity index (χ0v) is 12.0. The van der Waals surface area contributed by atoms with Crippen molar-refractivity contribution >= 4 is 11.9 Å². The lowest BCUT2D eigenvalue weighted by Gasteiger charge is -2.22. The maximum absolute atomic E-state index is 12.0. The Hall–Kier alpha value is -1.84. The lowest BCUT2D eigenvalue weighted by atomic mass is 9.95. The van der Waals surface area contributed by atoms with Crippen molar-refractivity contribution in [1.82, 2.24) is 5.73 Å². The quantitative estimate of drug-likeness (QED) is 0.621. The first-order valence-corrected chi connectivity index (χ1v) is 6.17. The number of hydrogen-bond donors (Lipinski definition) is 0. The van der Waals surface area contributed by atoms with Gasteiger partial charge in [0.25, 0.3) is 5.91 Å².